The van der Waals surface area contributed by atoms with Gasteiger partial charge >= 0.3 is 0 Å². The fraction of sp³-hybridized carbons (Fsp3) is 0.500. The predicted molar refractivity (Wildman–Crippen MR) is 132 cm³/mol. The van der Waals surface area contributed by atoms with Crippen molar-refractivity contribution in [3.63, 3.8) is 0 Å². The van der Waals surface area contributed by atoms with Crippen molar-refractivity contribution in [2.45, 2.75) is 70.9 Å². The van der Waals surface area contributed by atoms with Crippen LogP contribution in [0.2, 0.25) is 5.15 Å². The molecular formula is C24H33ClN6O2. The minimum absolute atomic E-state index is 0.00214. The van der Waals surface area contributed by atoms with Crippen LogP contribution in [-0.2, 0) is 16.8 Å². The van der Waals surface area contributed by atoms with E-state index in [2.05, 4.69) is 29.5 Å². The SMILES string of the molecule is CCCC1(CCC)CC(C(=O)NCc2ccc(C(=N)N)cc2)n2c1c(Cl)nc(NCC)c2=O. The van der Waals surface area contributed by atoms with Gasteiger partial charge in [0.05, 0.1) is 5.69 Å². The van der Waals surface area contributed by atoms with Crippen LogP contribution in [-0.4, -0.2) is 27.8 Å². The highest BCUT2D eigenvalue weighted by Crippen LogP contribution is 2.49. The molecule has 1 unspecified atom stereocenters. The number of benzene rings is 1. The quantitative estimate of drug-likeness (QED) is 0.309. The Hall–Kier alpha value is -2.87. The van der Waals surface area contributed by atoms with Crippen molar-refractivity contribution in [1.29, 1.82) is 5.41 Å². The highest BCUT2D eigenvalue weighted by Gasteiger charge is 2.48. The van der Waals surface area contributed by atoms with Gasteiger partial charge in [0.25, 0.3) is 5.56 Å². The molecule has 1 amide bonds. The topological polar surface area (TPSA) is 126 Å². The highest BCUT2D eigenvalue weighted by atomic mass is 35.5. The Labute approximate surface area is 199 Å². The zero-order valence-electron chi connectivity index (χ0n) is 19.5. The zero-order chi connectivity index (χ0) is 24.2. The van der Waals surface area contributed by atoms with Crippen molar-refractivity contribution in [2.24, 2.45) is 5.73 Å². The molecule has 1 aliphatic heterocycles. The number of fused-ring (bicyclic) bond motifs is 1. The number of nitrogen functional groups attached to an aromatic ring is 1. The third-order valence-corrected chi connectivity index (χ3v) is 6.56. The number of nitrogens with two attached hydrogens (primary N) is 1. The fourth-order valence-corrected chi connectivity index (χ4v) is 5.34. The predicted octanol–water partition coefficient (Wildman–Crippen LogP) is 3.71. The van der Waals surface area contributed by atoms with Gasteiger partial charge in [-0.2, -0.15) is 0 Å². The molecule has 8 nitrogen and oxygen atoms in total. The molecule has 1 aromatic carbocycles. The van der Waals surface area contributed by atoms with Gasteiger partial charge in [-0.1, -0.05) is 62.6 Å². The maximum atomic E-state index is 13.4. The molecule has 0 spiro atoms. The van der Waals surface area contributed by atoms with Gasteiger partial charge in [-0.3, -0.25) is 19.6 Å². The largest absolute Gasteiger partial charge is 0.384 e. The molecule has 33 heavy (non-hydrogen) atoms. The van der Waals surface area contributed by atoms with E-state index in [4.69, 9.17) is 22.7 Å². The molecule has 2 aromatic rings. The van der Waals surface area contributed by atoms with Crippen LogP contribution in [0.1, 0.15) is 75.7 Å². The molecule has 0 aliphatic carbocycles. The van der Waals surface area contributed by atoms with E-state index in [0.717, 1.165) is 31.2 Å². The molecule has 1 aliphatic rings. The van der Waals surface area contributed by atoms with E-state index in [1.165, 1.54) is 0 Å². The van der Waals surface area contributed by atoms with E-state index in [9.17, 15) is 9.59 Å². The molecule has 178 valence electrons. The maximum absolute atomic E-state index is 13.4. The standard InChI is InChI=1S/C24H33ClN6O2/c1-4-11-24(12-5-2)13-17(31-18(24)19(25)30-21(23(31)33)28-6-3)22(32)29-14-15-7-9-16(10-8-15)20(26)27/h7-10,17H,4-6,11-14H2,1-3H3,(H3,26,27)(H,28,30)(H,29,32). The molecule has 9 heteroatoms. The second-order valence-electron chi connectivity index (χ2n) is 8.63. The number of hydrogen-bond acceptors (Lipinski definition) is 5. The van der Waals surface area contributed by atoms with E-state index in [0.29, 0.717) is 35.9 Å². The molecule has 0 saturated heterocycles. The van der Waals surface area contributed by atoms with Gasteiger partial charge in [0, 0.05) is 24.1 Å². The van der Waals surface area contributed by atoms with Gasteiger partial charge in [-0.25, -0.2) is 4.98 Å². The summed E-state index contributed by atoms with van der Waals surface area (Å²) in [6.45, 7) is 6.93. The van der Waals surface area contributed by atoms with Crippen LogP contribution < -0.4 is 21.9 Å². The Bertz CT molecular complexity index is 1070. The lowest BCUT2D eigenvalue weighted by molar-refractivity contribution is -0.124. The summed E-state index contributed by atoms with van der Waals surface area (Å²) in [6.07, 6.45) is 4.01. The van der Waals surface area contributed by atoms with Crippen LogP contribution >= 0.6 is 11.6 Å². The fourth-order valence-electron chi connectivity index (χ4n) is 4.97. The number of rotatable bonds is 10. The summed E-state index contributed by atoms with van der Waals surface area (Å²) in [4.78, 5) is 31.1. The van der Waals surface area contributed by atoms with Crippen LogP contribution in [0, 0.1) is 5.41 Å². The van der Waals surface area contributed by atoms with E-state index in [1.807, 2.05) is 19.1 Å². The van der Waals surface area contributed by atoms with Crippen LogP contribution in [0.15, 0.2) is 29.1 Å². The van der Waals surface area contributed by atoms with Gasteiger partial charge in [-0.15, -0.1) is 0 Å². The Balaban J connectivity index is 1.96. The normalized spacial score (nSPS) is 16.3. The molecule has 0 bridgehead atoms. The second kappa shape index (κ2) is 10.4. The molecular weight excluding hydrogens is 440 g/mol. The van der Waals surface area contributed by atoms with Gasteiger partial charge in [0.1, 0.15) is 11.9 Å². The van der Waals surface area contributed by atoms with E-state index in [1.54, 1.807) is 16.7 Å². The summed E-state index contributed by atoms with van der Waals surface area (Å²) in [7, 11) is 0. The number of nitrogens with one attached hydrogen (secondary N) is 3. The Morgan fingerprint density at radius 1 is 1.24 bits per heavy atom. The van der Waals surface area contributed by atoms with Crippen molar-refractivity contribution in [2.75, 3.05) is 11.9 Å². The summed E-state index contributed by atoms with van der Waals surface area (Å²) in [5.74, 6) is -0.0434. The number of halogens is 1. The van der Waals surface area contributed by atoms with Crippen LogP contribution in [0.3, 0.4) is 0 Å². The van der Waals surface area contributed by atoms with Crippen LogP contribution in [0.25, 0.3) is 0 Å². The maximum Gasteiger partial charge on any atom is 0.294 e. The van der Waals surface area contributed by atoms with Gasteiger partial charge in [-0.05, 0) is 31.7 Å². The third-order valence-electron chi connectivity index (χ3n) is 6.30. The molecule has 0 fully saturated rings. The Kier molecular flexibility index (Phi) is 7.79. The molecule has 1 atom stereocenters. The molecule has 1 aromatic heterocycles. The Morgan fingerprint density at radius 3 is 2.42 bits per heavy atom. The summed E-state index contributed by atoms with van der Waals surface area (Å²) < 4.78 is 1.58. The van der Waals surface area contributed by atoms with Crippen LogP contribution in [0.4, 0.5) is 5.82 Å². The number of amides is 1. The summed E-state index contributed by atoms with van der Waals surface area (Å²) >= 11 is 6.65. The minimum Gasteiger partial charge on any atom is -0.384 e. The second-order valence-corrected chi connectivity index (χ2v) is 8.99. The van der Waals surface area contributed by atoms with Crippen molar-refractivity contribution in [3.8, 4) is 0 Å². The van der Waals surface area contributed by atoms with Crippen molar-refractivity contribution in [3.05, 3.63) is 56.6 Å². The first-order valence-electron chi connectivity index (χ1n) is 11.5. The lowest BCUT2D eigenvalue weighted by Gasteiger charge is -2.29. The average molecular weight is 473 g/mol. The molecule has 5 N–H and O–H groups in total. The van der Waals surface area contributed by atoms with E-state index < -0.39 is 6.04 Å². The van der Waals surface area contributed by atoms with Crippen molar-refractivity contribution >= 4 is 29.2 Å². The Morgan fingerprint density at radius 2 is 1.88 bits per heavy atom. The number of carbonyl (C=O) groups is 1. The molecule has 0 radical (unpaired) electrons. The molecule has 2 heterocycles. The molecule has 0 saturated carbocycles. The lowest BCUT2D eigenvalue weighted by Crippen LogP contribution is -2.36. The number of aromatic nitrogens is 2. The number of carbonyl (C=O) groups excluding carboxylic acids is 1. The first-order chi connectivity index (χ1) is 15.8. The summed E-state index contributed by atoms with van der Waals surface area (Å²) in [6, 6.07) is 6.50. The van der Waals surface area contributed by atoms with Gasteiger partial charge in [0.15, 0.2) is 11.0 Å². The summed E-state index contributed by atoms with van der Waals surface area (Å²) in [5.41, 5.74) is 7.04. The lowest BCUT2D eigenvalue weighted by atomic mass is 9.74. The average Bonchev–Trinajstić information content (AvgIpc) is 3.12. The molecule has 3 rings (SSSR count). The first kappa shape index (κ1) is 24.8. The monoisotopic (exact) mass is 472 g/mol. The van der Waals surface area contributed by atoms with Crippen molar-refractivity contribution < 1.29 is 4.79 Å². The minimum atomic E-state index is -0.653. The number of hydrogen-bond donors (Lipinski definition) is 4. The number of amidine groups is 1. The van der Waals surface area contributed by atoms with E-state index in [-0.39, 0.29) is 28.5 Å². The van der Waals surface area contributed by atoms with E-state index >= 15 is 0 Å². The number of nitrogens with zero attached hydrogens (tertiary/aromatic N) is 2. The van der Waals surface area contributed by atoms with Gasteiger partial charge < -0.3 is 16.4 Å². The first-order valence-corrected chi connectivity index (χ1v) is 11.9. The van der Waals surface area contributed by atoms with Crippen LogP contribution in [0.5, 0.6) is 0 Å². The smallest absolute Gasteiger partial charge is 0.294 e. The number of anilines is 1. The van der Waals surface area contributed by atoms with Gasteiger partial charge in [0.2, 0.25) is 5.91 Å². The zero-order valence-corrected chi connectivity index (χ0v) is 20.3. The van der Waals surface area contributed by atoms with Crippen molar-refractivity contribution in [1.82, 2.24) is 14.9 Å². The highest BCUT2D eigenvalue weighted by molar-refractivity contribution is 6.30. The summed E-state index contributed by atoms with van der Waals surface area (Å²) in [5, 5.41) is 13.8. The third kappa shape index (κ3) is 4.90.